The van der Waals surface area contributed by atoms with Gasteiger partial charge in [0.25, 0.3) is 5.69 Å². The van der Waals surface area contributed by atoms with Crippen molar-refractivity contribution < 1.29 is 28.8 Å². The average Bonchev–Trinajstić information content (AvgIpc) is 2.74. The van der Waals surface area contributed by atoms with Crippen molar-refractivity contribution in [1.82, 2.24) is 10.6 Å². The van der Waals surface area contributed by atoms with Crippen molar-refractivity contribution in [1.29, 1.82) is 0 Å². The molecule has 11 heteroatoms. The van der Waals surface area contributed by atoms with E-state index in [9.17, 15) is 24.5 Å². The van der Waals surface area contributed by atoms with Crippen molar-refractivity contribution >= 4 is 29.3 Å². The molecule has 0 saturated carbocycles. The first-order chi connectivity index (χ1) is 15.0. The molecule has 1 heterocycles. The Kier molecular flexibility index (Phi) is 8.39. The Hall–Kier alpha value is -3.37. The van der Waals surface area contributed by atoms with Gasteiger partial charge in [0, 0.05) is 38.3 Å². The highest BCUT2D eigenvalue weighted by atomic mass is 16.6. The van der Waals surface area contributed by atoms with Crippen molar-refractivity contribution in [3.8, 4) is 0 Å². The fourth-order valence-corrected chi connectivity index (χ4v) is 3.41. The summed E-state index contributed by atoms with van der Waals surface area (Å²) in [5, 5.41) is 16.5. The van der Waals surface area contributed by atoms with E-state index in [1.165, 1.54) is 25.3 Å². The summed E-state index contributed by atoms with van der Waals surface area (Å²) in [6.07, 6.45) is 0.831. The van der Waals surface area contributed by atoms with E-state index in [0.29, 0.717) is 31.6 Å². The summed E-state index contributed by atoms with van der Waals surface area (Å²) in [7, 11) is 1.21. The van der Waals surface area contributed by atoms with Gasteiger partial charge in [-0.15, -0.1) is 0 Å². The third kappa shape index (κ3) is 7.10. The minimum absolute atomic E-state index is 0.0873. The number of methoxy groups -OCH3 is 1. The number of carbonyl (C=O) groups is 3. The van der Waals surface area contributed by atoms with Crippen LogP contribution in [0.15, 0.2) is 18.2 Å². The second-order valence-electron chi connectivity index (χ2n) is 8.46. The fourth-order valence-electron chi connectivity index (χ4n) is 3.41. The molecule has 2 rings (SSSR count). The number of nitrogens with zero attached hydrogens (tertiary/aromatic N) is 2. The summed E-state index contributed by atoms with van der Waals surface area (Å²) in [6, 6.07) is 4.02. The molecule has 0 bridgehead atoms. The molecule has 0 radical (unpaired) electrons. The molecule has 0 aromatic heterocycles. The first-order valence-corrected chi connectivity index (χ1v) is 10.4. The molecule has 2 amide bonds. The molecule has 2 N–H and O–H groups in total. The molecule has 0 spiro atoms. The van der Waals surface area contributed by atoms with Gasteiger partial charge in [-0.2, -0.15) is 0 Å². The highest BCUT2D eigenvalue weighted by molar-refractivity contribution is 5.96. The van der Waals surface area contributed by atoms with Gasteiger partial charge in [-0.05, 0) is 39.7 Å². The van der Waals surface area contributed by atoms with Gasteiger partial charge in [0.05, 0.1) is 29.2 Å². The Labute approximate surface area is 186 Å². The zero-order valence-electron chi connectivity index (χ0n) is 18.8. The quantitative estimate of drug-likeness (QED) is 0.279. The van der Waals surface area contributed by atoms with Crippen LogP contribution in [0.2, 0.25) is 0 Å². The van der Waals surface area contributed by atoms with Gasteiger partial charge in [0.2, 0.25) is 5.91 Å². The predicted molar refractivity (Wildman–Crippen MR) is 117 cm³/mol. The third-order valence-corrected chi connectivity index (χ3v) is 4.82. The number of piperidine rings is 1. The van der Waals surface area contributed by atoms with Crippen LogP contribution in [0, 0.1) is 16.0 Å². The van der Waals surface area contributed by atoms with E-state index in [-0.39, 0.29) is 36.2 Å². The number of hydrogen-bond donors (Lipinski definition) is 2. The lowest BCUT2D eigenvalue weighted by atomic mass is 9.96. The van der Waals surface area contributed by atoms with Gasteiger partial charge in [-0.25, -0.2) is 9.59 Å². The largest absolute Gasteiger partial charge is 0.465 e. The molecule has 1 aromatic carbocycles. The van der Waals surface area contributed by atoms with Crippen LogP contribution in [-0.2, 0) is 14.3 Å². The number of hydrogen-bond acceptors (Lipinski definition) is 8. The number of ether oxygens (including phenoxy) is 2. The molecule has 1 aromatic rings. The third-order valence-electron chi connectivity index (χ3n) is 4.82. The van der Waals surface area contributed by atoms with Crippen molar-refractivity contribution in [2.75, 3.05) is 38.2 Å². The minimum Gasteiger partial charge on any atom is -0.465 e. The van der Waals surface area contributed by atoms with E-state index in [1.54, 1.807) is 20.8 Å². The van der Waals surface area contributed by atoms with Crippen molar-refractivity contribution in [3.63, 3.8) is 0 Å². The highest BCUT2D eigenvalue weighted by Gasteiger charge is 2.29. The predicted octanol–water partition coefficient (Wildman–Crippen LogP) is 2.24. The van der Waals surface area contributed by atoms with Crippen LogP contribution in [0.4, 0.5) is 16.2 Å². The normalized spacial score (nSPS) is 16.1. The van der Waals surface area contributed by atoms with E-state index < -0.39 is 22.6 Å². The molecule has 1 fully saturated rings. The number of non-ortho nitro benzene ring substituents is 1. The zero-order valence-corrected chi connectivity index (χ0v) is 18.8. The number of anilines is 1. The minimum atomic E-state index is -0.677. The van der Waals surface area contributed by atoms with Gasteiger partial charge >= 0.3 is 12.1 Å². The van der Waals surface area contributed by atoms with Crippen LogP contribution in [0.5, 0.6) is 0 Å². The Bertz CT molecular complexity index is 866. The molecular weight excluding hydrogens is 420 g/mol. The number of amides is 2. The summed E-state index contributed by atoms with van der Waals surface area (Å²) in [6.45, 7) is 6.73. The number of nitro benzene ring substituents is 1. The molecule has 1 atom stereocenters. The molecule has 1 aliphatic rings. The number of alkyl carbamates (subject to hydrolysis) is 1. The lowest BCUT2D eigenvalue weighted by Crippen LogP contribution is -2.45. The number of rotatable bonds is 7. The zero-order chi connectivity index (χ0) is 23.9. The monoisotopic (exact) mass is 450 g/mol. The fraction of sp³-hybridized carbons (Fsp3) is 0.571. The molecule has 1 aliphatic heterocycles. The Morgan fingerprint density at radius 3 is 2.53 bits per heavy atom. The van der Waals surface area contributed by atoms with Crippen LogP contribution in [0.1, 0.15) is 44.0 Å². The maximum atomic E-state index is 12.6. The van der Waals surface area contributed by atoms with Gasteiger partial charge in [-0.1, -0.05) is 0 Å². The van der Waals surface area contributed by atoms with Crippen molar-refractivity contribution in [2.45, 2.75) is 39.2 Å². The van der Waals surface area contributed by atoms with Gasteiger partial charge in [0.15, 0.2) is 0 Å². The lowest BCUT2D eigenvalue weighted by Gasteiger charge is -2.34. The summed E-state index contributed by atoms with van der Waals surface area (Å²) in [4.78, 5) is 48.8. The number of nitro groups is 1. The van der Waals surface area contributed by atoms with Crippen molar-refractivity contribution in [2.24, 2.45) is 5.92 Å². The number of esters is 1. The first-order valence-electron chi connectivity index (χ1n) is 10.4. The Balaban J connectivity index is 1.97. The summed E-state index contributed by atoms with van der Waals surface area (Å²) >= 11 is 0. The average molecular weight is 450 g/mol. The molecule has 11 nitrogen and oxygen atoms in total. The molecule has 176 valence electrons. The second kappa shape index (κ2) is 10.8. The van der Waals surface area contributed by atoms with Gasteiger partial charge in [0.1, 0.15) is 5.60 Å². The molecule has 32 heavy (non-hydrogen) atoms. The highest BCUT2D eigenvalue weighted by Crippen LogP contribution is 2.30. The number of carbonyl (C=O) groups excluding carboxylic acids is 3. The molecule has 1 saturated heterocycles. The smallest absolute Gasteiger partial charge is 0.407 e. The van der Waals surface area contributed by atoms with Crippen LogP contribution in [-0.4, -0.2) is 61.8 Å². The second-order valence-corrected chi connectivity index (χ2v) is 8.46. The van der Waals surface area contributed by atoms with E-state index in [2.05, 4.69) is 10.6 Å². The van der Waals surface area contributed by atoms with E-state index in [4.69, 9.17) is 9.47 Å². The van der Waals surface area contributed by atoms with Crippen LogP contribution < -0.4 is 15.5 Å². The number of benzene rings is 1. The van der Waals surface area contributed by atoms with E-state index >= 15 is 0 Å². The summed E-state index contributed by atoms with van der Waals surface area (Å²) < 4.78 is 9.92. The maximum Gasteiger partial charge on any atom is 0.407 e. The van der Waals surface area contributed by atoms with Gasteiger partial charge in [-0.3, -0.25) is 14.9 Å². The van der Waals surface area contributed by atoms with Crippen LogP contribution in [0.25, 0.3) is 0 Å². The maximum absolute atomic E-state index is 12.6. The van der Waals surface area contributed by atoms with Crippen LogP contribution in [0.3, 0.4) is 0 Å². The Morgan fingerprint density at radius 2 is 1.91 bits per heavy atom. The Morgan fingerprint density at radius 1 is 1.22 bits per heavy atom. The SMILES string of the molecule is COC(=O)c1cc([N+](=O)[O-])ccc1N1CCCC(C(=O)NCCNC(=O)OC(C)(C)C)C1. The first kappa shape index (κ1) is 24.9. The van der Waals surface area contributed by atoms with E-state index in [1.807, 2.05) is 4.90 Å². The standard InChI is InChI=1S/C21H30N4O7/c1-21(2,3)32-20(28)23-10-9-22-18(26)14-6-5-11-24(13-14)17-8-7-15(25(29)30)12-16(17)19(27)31-4/h7-8,12,14H,5-6,9-11,13H2,1-4H3,(H,22,26)(H,23,28). The molecule has 0 aliphatic carbocycles. The molecule has 1 unspecified atom stereocenters. The topological polar surface area (TPSA) is 140 Å². The van der Waals surface area contributed by atoms with Gasteiger partial charge < -0.3 is 25.0 Å². The van der Waals surface area contributed by atoms with Crippen LogP contribution >= 0.6 is 0 Å². The van der Waals surface area contributed by atoms with E-state index in [0.717, 1.165) is 0 Å². The lowest BCUT2D eigenvalue weighted by molar-refractivity contribution is -0.384. The molecular formula is C21H30N4O7. The van der Waals surface area contributed by atoms with Crippen molar-refractivity contribution in [3.05, 3.63) is 33.9 Å². The summed E-state index contributed by atoms with van der Waals surface area (Å²) in [5.74, 6) is -1.17. The number of nitrogens with one attached hydrogen (secondary N) is 2. The summed E-state index contributed by atoms with van der Waals surface area (Å²) in [5.41, 5.74) is -0.228.